The molecule has 0 bridgehead atoms. The number of nitrogens with zero attached hydrogens (tertiary/aromatic N) is 4. The molecule has 0 aliphatic heterocycles. The molecule has 0 aromatic carbocycles. The van der Waals surface area contributed by atoms with Crippen molar-refractivity contribution in [2.45, 2.75) is 26.4 Å². The minimum atomic E-state index is -0.640. The van der Waals surface area contributed by atoms with Gasteiger partial charge in [-0.05, 0) is 24.8 Å². The first-order valence-electron chi connectivity index (χ1n) is 6.05. The minimum Gasteiger partial charge on any atom is -0.358 e. The molecule has 2 aromatic heterocycles. The summed E-state index contributed by atoms with van der Waals surface area (Å²) in [5.74, 6) is -0.799. The summed E-state index contributed by atoms with van der Waals surface area (Å²) in [6.07, 6.45) is 1.65. The monoisotopic (exact) mass is 278 g/mol. The molecule has 0 radical (unpaired) electrons. The van der Waals surface area contributed by atoms with Crippen molar-refractivity contribution in [2.24, 2.45) is 0 Å². The highest BCUT2D eigenvalue weighted by atomic mass is 16.6. The van der Waals surface area contributed by atoms with E-state index in [2.05, 4.69) is 20.6 Å². The Morgan fingerprint density at radius 3 is 3.00 bits per heavy atom. The second kappa shape index (κ2) is 5.51. The Morgan fingerprint density at radius 1 is 1.65 bits per heavy atom. The molecule has 0 saturated heterocycles. The second-order valence-electron chi connectivity index (χ2n) is 4.16. The van der Waals surface area contributed by atoms with Gasteiger partial charge < -0.3 is 15.4 Å². The van der Waals surface area contributed by atoms with Gasteiger partial charge in [0.25, 0.3) is 5.91 Å². The molecule has 0 spiro atoms. The number of nitro groups is 1. The average Bonchev–Trinajstić information content (AvgIpc) is 3.07. The van der Waals surface area contributed by atoms with Crippen LogP contribution < -0.4 is 5.32 Å². The fraction of sp³-hybridized carbons (Fsp3) is 0.364. The van der Waals surface area contributed by atoms with Crippen LogP contribution in [0.2, 0.25) is 0 Å². The van der Waals surface area contributed by atoms with Crippen LogP contribution in [-0.4, -0.2) is 30.8 Å². The fourth-order valence-electron chi connectivity index (χ4n) is 1.84. The molecule has 0 aliphatic rings. The van der Waals surface area contributed by atoms with E-state index in [0.717, 1.165) is 11.8 Å². The van der Waals surface area contributed by atoms with E-state index in [1.165, 1.54) is 0 Å². The van der Waals surface area contributed by atoms with E-state index >= 15 is 0 Å². The Morgan fingerprint density at radius 2 is 2.40 bits per heavy atom. The van der Waals surface area contributed by atoms with E-state index in [0.29, 0.717) is 6.54 Å². The molecule has 2 heterocycles. The second-order valence-corrected chi connectivity index (χ2v) is 4.16. The van der Waals surface area contributed by atoms with Gasteiger partial charge in [-0.2, -0.15) is 5.10 Å². The predicted octanol–water partition coefficient (Wildman–Crippen LogP) is 1.03. The molecule has 2 rings (SSSR count). The molecule has 9 nitrogen and oxygen atoms in total. The van der Waals surface area contributed by atoms with Crippen molar-refractivity contribution in [3.05, 3.63) is 39.8 Å². The first-order chi connectivity index (χ1) is 9.52. The maximum Gasteiger partial charge on any atom is 0.343 e. The first kappa shape index (κ1) is 13.7. The molecule has 20 heavy (non-hydrogen) atoms. The van der Waals surface area contributed by atoms with E-state index < -0.39 is 10.8 Å². The van der Waals surface area contributed by atoms with Crippen molar-refractivity contribution in [1.82, 2.24) is 25.3 Å². The Labute approximate surface area is 114 Å². The van der Waals surface area contributed by atoms with E-state index in [1.54, 1.807) is 16.9 Å². The third-order valence-corrected chi connectivity index (χ3v) is 2.83. The van der Waals surface area contributed by atoms with Crippen molar-refractivity contribution in [1.29, 1.82) is 0 Å². The molecule has 0 saturated carbocycles. The van der Waals surface area contributed by atoms with Crippen molar-refractivity contribution in [3.8, 4) is 0 Å². The zero-order valence-electron chi connectivity index (χ0n) is 11.0. The van der Waals surface area contributed by atoms with Crippen LogP contribution in [0, 0.1) is 10.1 Å². The van der Waals surface area contributed by atoms with Gasteiger partial charge in [0.05, 0.1) is 17.8 Å². The summed E-state index contributed by atoms with van der Waals surface area (Å²) in [7, 11) is 0. The minimum absolute atomic E-state index is 0.0221. The number of hydrogen-bond acceptors (Lipinski definition) is 5. The smallest absolute Gasteiger partial charge is 0.343 e. The van der Waals surface area contributed by atoms with E-state index in [-0.39, 0.29) is 17.6 Å². The number of amides is 1. The lowest BCUT2D eigenvalue weighted by atomic mass is 10.2. The predicted molar refractivity (Wildman–Crippen MR) is 69.0 cm³/mol. The maximum absolute atomic E-state index is 11.9. The molecule has 106 valence electrons. The van der Waals surface area contributed by atoms with Crippen LogP contribution in [0.15, 0.2) is 18.3 Å². The molecule has 1 atom stereocenters. The van der Waals surface area contributed by atoms with Gasteiger partial charge in [0.15, 0.2) is 5.69 Å². The average molecular weight is 278 g/mol. The summed E-state index contributed by atoms with van der Waals surface area (Å²) >= 11 is 0. The van der Waals surface area contributed by atoms with Crippen LogP contribution in [0.4, 0.5) is 5.82 Å². The molecular formula is C11H14N6O3. The number of H-pyrrole nitrogens is 1. The van der Waals surface area contributed by atoms with Gasteiger partial charge >= 0.3 is 5.82 Å². The van der Waals surface area contributed by atoms with Gasteiger partial charge in [-0.3, -0.25) is 9.48 Å². The van der Waals surface area contributed by atoms with Crippen molar-refractivity contribution in [3.63, 3.8) is 0 Å². The van der Waals surface area contributed by atoms with Gasteiger partial charge in [-0.25, -0.2) is 0 Å². The Balaban J connectivity index is 2.09. The van der Waals surface area contributed by atoms with Gasteiger partial charge in [-0.15, -0.1) is 5.10 Å². The van der Waals surface area contributed by atoms with Gasteiger partial charge in [0.2, 0.25) is 0 Å². The fourth-order valence-corrected chi connectivity index (χ4v) is 1.84. The van der Waals surface area contributed by atoms with Crippen LogP contribution >= 0.6 is 0 Å². The van der Waals surface area contributed by atoms with Crippen molar-refractivity contribution in [2.75, 3.05) is 0 Å². The molecule has 2 N–H and O–H groups in total. The summed E-state index contributed by atoms with van der Waals surface area (Å²) in [5, 5.41) is 23.2. The first-order valence-corrected chi connectivity index (χ1v) is 6.05. The number of aryl methyl sites for hydroxylation is 1. The lowest BCUT2D eigenvalue weighted by molar-refractivity contribution is -0.389. The summed E-state index contributed by atoms with van der Waals surface area (Å²) in [6.45, 7) is 4.45. The van der Waals surface area contributed by atoms with Crippen molar-refractivity contribution >= 4 is 11.7 Å². The molecule has 0 aliphatic carbocycles. The normalized spacial score (nSPS) is 12.1. The van der Waals surface area contributed by atoms with Gasteiger partial charge in [0, 0.05) is 12.7 Å². The third-order valence-electron chi connectivity index (χ3n) is 2.83. The van der Waals surface area contributed by atoms with Gasteiger partial charge in [-0.1, -0.05) is 5.10 Å². The van der Waals surface area contributed by atoms with E-state index in [4.69, 9.17) is 0 Å². The largest absolute Gasteiger partial charge is 0.358 e. The Hall–Kier alpha value is -2.71. The molecular weight excluding hydrogens is 264 g/mol. The third kappa shape index (κ3) is 2.66. The van der Waals surface area contributed by atoms with E-state index in [9.17, 15) is 14.9 Å². The highest BCUT2D eigenvalue weighted by Gasteiger charge is 2.19. The highest BCUT2D eigenvalue weighted by molar-refractivity contribution is 5.92. The van der Waals surface area contributed by atoms with Crippen LogP contribution in [0.3, 0.4) is 0 Å². The van der Waals surface area contributed by atoms with Crippen LogP contribution in [-0.2, 0) is 6.54 Å². The summed E-state index contributed by atoms with van der Waals surface area (Å²) < 4.78 is 1.76. The summed E-state index contributed by atoms with van der Waals surface area (Å²) in [6, 6.07) is 2.63. The quantitative estimate of drug-likeness (QED) is 0.625. The molecule has 2 aromatic rings. The van der Waals surface area contributed by atoms with Crippen molar-refractivity contribution < 1.29 is 9.72 Å². The number of aromatic amines is 1. The standard InChI is InChI=1S/C11H14N6O3/c1-3-16-9(4-5-12-16)7(2)13-11(18)8-6-10(15-14-8)17(19)20/h4-7H,3H2,1-2H3,(H,13,18)(H,14,15). The number of carbonyl (C=O) groups excluding carboxylic acids is 1. The molecule has 0 fully saturated rings. The van der Waals surface area contributed by atoms with Crippen LogP contribution in [0.1, 0.15) is 36.1 Å². The van der Waals surface area contributed by atoms with Crippen LogP contribution in [0.25, 0.3) is 0 Å². The summed E-state index contributed by atoms with van der Waals surface area (Å²) in [5.41, 5.74) is 0.831. The number of carbonyl (C=O) groups is 1. The van der Waals surface area contributed by atoms with E-state index in [1.807, 2.05) is 13.8 Å². The Kier molecular flexibility index (Phi) is 3.78. The van der Waals surface area contributed by atoms with Gasteiger partial charge in [0.1, 0.15) is 0 Å². The molecule has 9 heteroatoms. The topological polar surface area (TPSA) is 119 Å². The number of nitrogens with one attached hydrogen (secondary N) is 2. The molecule has 1 unspecified atom stereocenters. The SMILES string of the molecule is CCn1nccc1C(C)NC(=O)c1cc([N+](=O)[O-])[nH]n1. The number of aromatic nitrogens is 4. The summed E-state index contributed by atoms with van der Waals surface area (Å²) in [4.78, 5) is 21.8. The number of hydrogen-bond donors (Lipinski definition) is 2. The highest BCUT2D eigenvalue weighted by Crippen LogP contribution is 2.13. The zero-order chi connectivity index (χ0) is 14.7. The molecule has 1 amide bonds. The van der Waals surface area contributed by atoms with Crippen LogP contribution in [0.5, 0.6) is 0 Å². The maximum atomic E-state index is 11.9. The number of rotatable bonds is 5. The Bertz CT molecular complexity index is 632. The lowest BCUT2D eigenvalue weighted by Crippen LogP contribution is -2.28. The zero-order valence-corrected chi connectivity index (χ0v) is 11.0. The lowest BCUT2D eigenvalue weighted by Gasteiger charge is -2.14.